The van der Waals surface area contributed by atoms with Crippen LogP contribution >= 0.6 is 11.8 Å². The summed E-state index contributed by atoms with van der Waals surface area (Å²) in [6.07, 6.45) is 0. The molecule has 1 N–H and O–H groups in total. The molecule has 2 unspecified atom stereocenters. The Morgan fingerprint density at radius 3 is 2.42 bits per heavy atom. The van der Waals surface area contributed by atoms with Crippen molar-refractivity contribution >= 4 is 23.6 Å². The molecule has 2 atom stereocenters. The van der Waals surface area contributed by atoms with Crippen molar-refractivity contribution in [2.24, 2.45) is 5.92 Å². The van der Waals surface area contributed by atoms with Gasteiger partial charge in [0.05, 0.1) is 11.0 Å². The van der Waals surface area contributed by atoms with Crippen LogP contribution in [0.2, 0.25) is 0 Å². The van der Waals surface area contributed by atoms with Gasteiger partial charge in [-0.25, -0.2) is 4.79 Å². The number of carboxylic acids is 1. The molecule has 0 aromatic rings. The molecular formula is C13H23NO4S. The van der Waals surface area contributed by atoms with Crippen molar-refractivity contribution in [3.63, 3.8) is 0 Å². The fourth-order valence-electron chi connectivity index (χ4n) is 1.90. The summed E-state index contributed by atoms with van der Waals surface area (Å²) in [5.74, 6) is -0.530. The maximum Gasteiger partial charge on any atom is 0.327 e. The first-order valence-electron chi connectivity index (χ1n) is 6.43. The summed E-state index contributed by atoms with van der Waals surface area (Å²) in [6, 6.07) is -0.742. The van der Waals surface area contributed by atoms with E-state index in [-0.39, 0.29) is 23.8 Å². The number of hydrogen-bond acceptors (Lipinski definition) is 4. The molecule has 0 radical (unpaired) electrons. The first-order valence-corrected chi connectivity index (χ1v) is 7.48. The van der Waals surface area contributed by atoms with Gasteiger partial charge in [-0.05, 0) is 26.7 Å². The van der Waals surface area contributed by atoms with Crippen LogP contribution in [-0.2, 0) is 14.3 Å². The van der Waals surface area contributed by atoms with E-state index in [2.05, 4.69) is 0 Å². The molecule has 1 aliphatic heterocycles. The lowest BCUT2D eigenvalue weighted by atomic mass is 10.1. The van der Waals surface area contributed by atoms with Gasteiger partial charge in [-0.1, -0.05) is 13.8 Å². The van der Waals surface area contributed by atoms with Crippen molar-refractivity contribution in [3.05, 3.63) is 0 Å². The second-order valence-corrected chi connectivity index (χ2v) is 7.17. The highest BCUT2D eigenvalue weighted by Crippen LogP contribution is 2.34. The average molecular weight is 289 g/mol. The van der Waals surface area contributed by atoms with Crippen LogP contribution in [0.3, 0.4) is 0 Å². The molecule has 0 saturated carbocycles. The summed E-state index contributed by atoms with van der Waals surface area (Å²) < 4.78 is 5.47. The molecule has 1 aliphatic rings. The lowest BCUT2D eigenvalue weighted by Gasteiger charge is -2.30. The number of aliphatic carboxylic acids is 1. The molecule has 19 heavy (non-hydrogen) atoms. The maximum atomic E-state index is 12.2. The van der Waals surface area contributed by atoms with Gasteiger partial charge >= 0.3 is 5.97 Å². The van der Waals surface area contributed by atoms with E-state index in [1.54, 1.807) is 0 Å². The van der Waals surface area contributed by atoms with Crippen molar-refractivity contribution in [2.75, 3.05) is 12.4 Å². The Bertz CT molecular complexity index is 351. The first-order chi connectivity index (χ1) is 8.63. The van der Waals surface area contributed by atoms with Crippen LogP contribution in [0.4, 0.5) is 0 Å². The normalized spacial score (nSPS) is 24.0. The molecule has 0 spiro atoms. The molecular weight excluding hydrogens is 266 g/mol. The van der Waals surface area contributed by atoms with E-state index in [4.69, 9.17) is 4.74 Å². The minimum absolute atomic E-state index is 0.0724. The fraction of sp³-hybridized carbons (Fsp3) is 0.846. The van der Waals surface area contributed by atoms with Crippen molar-refractivity contribution in [1.82, 2.24) is 4.90 Å². The van der Waals surface area contributed by atoms with Gasteiger partial charge in [-0.15, -0.1) is 11.8 Å². The number of carbonyl (C=O) groups is 2. The van der Waals surface area contributed by atoms with Gasteiger partial charge in [0.1, 0.15) is 12.6 Å². The molecule has 1 amide bonds. The quantitative estimate of drug-likeness (QED) is 0.855. The van der Waals surface area contributed by atoms with E-state index in [9.17, 15) is 14.7 Å². The van der Waals surface area contributed by atoms with Gasteiger partial charge in [-0.2, -0.15) is 0 Å². The number of nitrogens with zero attached hydrogens (tertiary/aromatic N) is 1. The largest absolute Gasteiger partial charge is 0.480 e. The number of carboxylic acid groups (broad SMARTS) is 1. The lowest BCUT2D eigenvalue weighted by Crippen LogP contribution is -2.49. The van der Waals surface area contributed by atoms with Crippen LogP contribution in [0.5, 0.6) is 0 Å². The summed E-state index contributed by atoms with van der Waals surface area (Å²) >= 11 is 1.53. The van der Waals surface area contributed by atoms with Crippen molar-refractivity contribution in [1.29, 1.82) is 0 Å². The highest BCUT2D eigenvalue weighted by molar-refractivity contribution is 8.00. The van der Waals surface area contributed by atoms with Gasteiger partial charge < -0.3 is 14.7 Å². The Hall–Kier alpha value is -0.750. The molecule has 0 aliphatic carbocycles. The van der Waals surface area contributed by atoms with Crippen LogP contribution in [0.15, 0.2) is 0 Å². The Morgan fingerprint density at radius 2 is 2.00 bits per heavy atom. The zero-order valence-electron chi connectivity index (χ0n) is 12.2. The van der Waals surface area contributed by atoms with Crippen LogP contribution in [0.1, 0.15) is 34.6 Å². The van der Waals surface area contributed by atoms with Gasteiger partial charge in [-0.3, -0.25) is 4.79 Å². The third-order valence-corrected chi connectivity index (χ3v) is 4.43. The zero-order valence-corrected chi connectivity index (χ0v) is 13.0. The average Bonchev–Trinajstić information content (AvgIpc) is 2.69. The van der Waals surface area contributed by atoms with Gasteiger partial charge in [0.2, 0.25) is 5.91 Å². The monoisotopic (exact) mass is 289 g/mol. The van der Waals surface area contributed by atoms with Gasteiger partial charge in [0.25, 0.3) is 0 Å². The molecule has 1 heterocycles. The molecule has 1 fully saturated rings. The number of ether oxygens (including phenoxy) is 1. The minimum Gasteiger partial charge on any atom is -0.480 e. The lowest BCUT2D eigenvalue weighted by molar-refractivity contribution is -0.153. The molecule has 110 valence electrons. The van der Waals surface area contributed by atoms with Gasteiger partial charge in [0.15, 0.2) is 0 Å². The number of hydrogen-bond donors (Lipinski definition) is 1. The van der Waals surface area contributed by atoms with E-state index in [1.165, 1.54) is 16.7 Å². The van der Waals surface area contributed by atoms with Gasteiger partial charge in [0, 0.05) is 5.75 Å². The Balaban J connectivity index is 2.78. The molecule has 6 heteroatoms. The summed E-state index contributed by atoms with van der Waals surface area (Å²) in [5, 5.41) is 9.13. The first kappa shape index (κ1) is 16.3. The topological polar surface area (TPSA) is 66.8 Å². The van der Waals surface area contributed by atoms with Crippen molar-refractivity contribution in [3.8, 4) is 0 Å². The molecule has 1 saturated heterocycles. The molecule has 0 aromatic carbocycles. The predicted molar refractivity (Wildman–Crippen MR) is 75.1 cm³/mol. The molecule has 0 bridgehead atoms. The summed E-state index contributed by atoms with van der Waals surface area (Å²) in [6.45, 7) is 9.52. The van der Waals surface area contributed by atoms with E-state index >= 15 is 0 Å². The number of carbonyl (C=O) groups excluding carboxylic acids is 1. The Labute approximate surface area is 118 Å². The summed E-state index contributed by atoms with van der Waals surface area (Å²) in [7, 11) is 0. The highest BCUT2D eigenvalue weighted by atomic mass is 32.2. The maximum absolute atomic E-state index is 12.2. The summed E-state index contributed by atoms with van der Waals surface area (Å²) in [5.41, 5.74) is -0.408. The van der Waals surface area contributed by atoms with Crippen molar-refractivity contribution in [2.45, 2.75) is 51.6 Å². The SMILES string of the molecule is CC(C)C1SCC(C(=O)O)N1C(=O)COC(C)(C)C. The minimum atomic E-state index is -0.945. The van der Waals surface area contributed by atoms with Crippen LogP contribution in [0.25, 0.3) is 0 Å². The van der Waals surface area contributed by atoms with E-state index in [0.29, 0.717) is 5.75 Å². The third kappa shape index (κ3) is 4.38. The summed E-state index contributed by atoms with van der Waals surface area (Å²) in [4.78, 5) is 25.0. The highest BCUT2D eigenvalue weighted by Gasteiger charge is 2.42. The standard InChI is InChI=1S/C13H23NO4S/c1-8(2)11-14(9(7-19-11)12(16)17)10(15)6-18-13(3,4)5/h8-9,11H,6-7H2,1-5H3,(H,16,17). The van der Waals surface area contributed by atoms with E-state index < -0.39 is 17.6 Å². The third-order valence-electron chi connectivity index (χ3n) is 2.81. The second-order valence-electron chi connectivity index (χ2n) is 6.02. The Kier molecular flexibility index (Phi) is 5.26. The molecule has 5 nitrogen and oxygen atoms in total. The number of thioether (sulfide) groups is 1. The Morgan fingerprint density at radius 1 is 1.42 bits per heavy atom. The van der Waals surface area contributed by atoms with Crippen LogP contribution in [0, 0.1) is 5.92 Å². The number of amides is 1. The van der Waals surface area contributed by atoms with E-state index in [1.807, 2.05) is 34.6 Å². The fourth-order valence-corrected chi connectivity index (χ4v) is 3.39. The van der Waals surface area contributed by atoms with Crippen LogP contribution in [-0.4, -0.2) is 51.3 Å². The smallest absolute Gasteiger partial charge is 0.327 e. The predicted octanol–water partition coefficient (Wildman–Crippen LogP) is 1.81. The molecule has 1 rings (SSSR count). The van der Waals surface area contributed by atoms with E-state index in [0.717, 1.165) is 0 Å². The van der Waals surface area contributed by atoms with Crippen LogP contribution < -0.4 is 0 Å². The molecule has 0 aromatic heterocycles. The van der Waals surface area contributed by atoms with Crippen molar-refractivity contribution < 1.29 is 19.4 Å². The second kappa shape index (κ2) is 6.13. The zero-order chi connectivity index (χ0) is 14.8. The number of rotatable bonds is 4.